The van der Waals surface area contributed by atoms with Crippen molar-refractivity contribution in [2.24, 2.45) is 0 Å². The summed E-state index contributed by atoms with van der Waals surface area (Å²) in [6.45, 7) is 0. The van der Waals surface area contributed by atoms with Crippen LogP contribution in [0, 0.1) is 0 Å². The summed E-state index contributed by atoms with van der Waals surface area (Å²) in [4.78, 5) is 4.23. The van der Waals surface area contributed by atoms with Crippen LogP contribution in [0.25, 0.3) is 22.3 Å². The van der Waals surface area contributed by atoms with E-state index in [0.29, 0.717) is 0 Å². The normalized spacial score (nSPS) is 10.9. The first-order valence-corrected chi connectivity index (χ1v) is 4.99. The molecule has 0 radical (unpaired) electrons. The molecular formula is C9H5N3OS. The van der Waals surface area contributed by atoms with Crippen LogP contribution in [-0.4, -0.2) is 15.3 Å². The number of rotatable bonds is 1. The molecular weight excluding hydrogens is 198 g/mol. The predicted molar refractivity (Wildman–Crippen MR) is 52.9 cm³/mol. The van der Waals surface area contributed by atoms with Crippen LogP contribution in [0.3, 0.4) is 0 Å². The highest BCUT2D eigenvalue weighted by atomic mass is 32.1. The number of aromatic nitrogens is 3. The molecule has 0 aliphatic rings. The molecule has 1 aromatic carbocycles. The smallest absolute Gasteiger partial charge is 0.144 e. The largest absolute Gasteiger partial charge is 0.245 e. The number of thiazole rings is 1. The van der Waals surface area contributed by atoms with Gasteiger partial charge in [0.25, 0.3) is 0 Å². The Morgan fingerprint density at radius 2 is 2.21 bits per heavy atom. The molecule has 0 amide bonds. The Kier molecular flexibility index (Phi) is 1.57. The monoisotopic (exact) mass is 203 g/mol. The van der Waals surface area contributed by atoms with E-state index in [4.69, 9.17) is 0 Å². The van der Waals surface area contributed by atoms with Crippen molar-refractivity contribution in [3.8, 4) is 11.3 Å². The van der Waals surface area contributed by atoms with Gasteiger partial charge in [-0.15, -0.1) is 11.3 Å². The van der Waals surface area contributed by atoms with Crippen molar-refractivity contribution in [1.29, 1.82) is 0 Å². The third-order valence-corrected chi connectivity index (χ3v) is 2.58. The van der Waals surface area contributed by atoms with E-state index in [-0.39, 0.29) is 0 Å². The van der Waals surface area contributed by atoms with Gasteiger partial charge in [0.2, 0.25) is 0 Å². The molecule has 0 aliphatic carbocycles. The van der Waals surface area contributed by atoms with Crippen molar-refractivity contribution < 1.29 is 4.63 Å². The van der Waals surface area contributed by atoms with E-state index in [0.717, 1.165) is 22.3 Å². The van der Waals surface area contributed by atoms with E-state index in [2.05, 4.69) is 19.9 Å². The summed E-state index contributed by atoms with van der Waals surface area (Å²) in [5, 5.41) is 9.61. The average Bonchev–Trinajstić information content (AvgIpc) is 2.88. The molecule has 0 atom stereocenters. The lowest BCUT2D eigenvalue weighted by molar-refractivity contribution is 0.315. The maximum absolute atomic E-state index is 4.68. The van der Waals surface area contributed by atoms with Gasteiger partial charge in [0.05, 0.1) is 11.2 Å². The first-order valence-electron chi connectivity index (χ1n) is 4.05. The molecule has 3 aromatic rings. The van der Waals surface area contributed by atoms with E-state index in [1.54, 1.807) is 16.8 Å². The molecule has 0 unspecified atom stereocenters. The number of benzene rings is 1. The fourth-order valence-corrected chi connectivity index (χ4v) is 1.91. The van der Waals surface area contributed by atoms with Gasteiger partial charge in [-0.05, 0) is 16.4 Å². The zero-order chi connectivity index (χ0) is 9.38. The minimum Gasteiger partial charge on any atom is -0.245 e. The summed E-state index contributed by atoms with van der Waals surface area (Å²) in [7, 11) is 0. The fraction of sp³-hybridized carbons (Fsp3) is 0. The molecule has 0 saturated heterocycles. The van der Waals surface area contributed by atoms with Crippen LogP contribution in [0.1, 0.15) is 0 Å². The second-order valence-electron chi connectivity index (χ2n) is 2.81. The van der Waals surface area contributed by atoms with Crippen LogP contribution in [0.5, 0.6) is 0 Å². The molecule has 2 aromatic heterocycles. The summed E-state index contributed by atoms with van der Waals surface area (Å²) in [5.74, 6) is 0. The van der Waals surface area contributed by atoms with E-state index in [9.17, 15) is 0 Å². The first kappa shape index (κ1) is 7.64. The summed E-state index contributed by atoms with van der Waals surface area (Å²) in [6, 6.07) is 5.74. The highest BCUT2D eigenvalue weighted by Crippen LogP contribution is 2.25. The maximum Gasteiger partial charge on any atom is 0.144 e. The molecule has 0 spiro atoms. The minimum atomic E-state index is 0.760. The second-order valence-corrected chi connectivity index (χ2v) is 3.53. The summed E-state index contributed by atoms with van der Waals surface area (Å²) < 4.78 is 4.68. The van der Waals surface area contributed by atoms with Gasteiger partial charge in [0.15, 0.2) is 0 Å². The van der Waals surface area contributed by atoms with E-state index < -0.39 is 0 Å². The van der Waals surface area contributed by atoms with Gasteiger partial charge in [0.1, 0.15) is 11.0 Å². The molecule has 14 heavy (non-hydrogen) atoms. The molecule has 68 valence electrons. The van der Waals surface area contributed by atoms with Gasteiger partial charge in [0, 0.05) is 10.9 Å². The number of hydrogen-bond donors (Lipinski definition) is 0. The topological polar surface area (TPSA) is 51.8 Å². The Labute approximate surface area is 83.2 Å². The van der Waals surface area contributed by atoms with Crippen molar-refractivity contribution in [2.75, 3.05) is 0 Å². The Balaban J connectivity index is 2.36. The zero-order valence-corrected chi connectivity index (χ0v) is 7.86. The van der Waals surface area contributed by atoms with Crippen molar-refractivity contribution >= 4 is 22.4 Å². The van der Waals surface area contributed by atoms with E-state index in [1.807, 2.05) is 23.6 Å². The Morgan fingerprint density at radius 3 is 3.07 bits per heavy atom. The molecule has 0 saturated carbocycles. The second kappa shape index (κ2) is 2.88. The minimum absolute atomic E-state index is 0.760. The fourth-order valence-electron chi connectivity index (χ4n) is 1.36. The molecule has 0 aliphatic heterocycles. The third-order valence-electron chi connectivity index (χ3n) is 1.99. The van der Waals surface area contributed by atoms with Crippen molar-refractivity contribution in [3.05, 3.63) is 29.1 Å². The SMILES string of the molecule is c1cc(-c2cscn2)c2nonc2c1. The predicted octanol–water partition coefficient (Wildman–Crippen LogP) is 2.35. The summed E-state index contributed by atoms with van der Waals surface area (Å²) in [6.07, 6.45) is 0. The Bertz CT molecular complexity index is 558. The standard InChI is InChI=1S/C9H5N3OS/c1-2-6(8-4-14-5-10-8)9-7(3-1)11-13-12-9/h1-5H. The lowest BCUT2D eigenvalue weighted by atomic mass is 10.1. The first-order chi connectivity index (χ1) is 6.95. The molecule has 0 N–H and O–H groups in total. The van der Waals surface area contributed by atoms with E-state index in [1.165, 1.54) is 0 Å². The lowest BCUT2D eigenvalue weighted by Gasteiger charge is -1.94. The van der Waals surface area contributed by atoms with Crippen molar-refractivity contribution in [2.45, 2.75) is 0 Å². The van der Waals surface area contributed by atoms with Crippen LogP contribution in [0.15, 0.2) is 33.7 Å². The van der Waals surface area contributed by atoms with Crippen molar-refractivity contribution in [3.63, 3.8) is 0 Å². The third kappa shape index (κ3) is 1.03. The summed E-state index contributed by atoms with van der Waals surface area (Å²) >= 11 is 1.56. The highest BCUT2D eigenvalue weighted by Gasteiger charge is 2.08. The number of nitrogens with zero attached hydrogens (tertiary/aromatic N) is 3. The van der Waals surface area contributed by atoms with Gasteiger partial charge in [-0.25, -0.2) is 9.61 Å². The van der Waals surface area contributed by atoms with Gasteiger partial charge in [-0.1, -0.05) is 12.1 Å². The van der Waals surface area contributed by atoms with Gasteiger partial charge in [-0.2, -0.15) is 0 Å². The molecule has 0 bridgehead atoms. The van der Waals surface area contributed by atoms with Gasteiger partial charge >= 0.3 is 0 Å². The molecule has 2 heterocycles. The van der Waals surface area contributed by atoms with Crippen LogP contribution in [0.2, 0.25) is 0 Å². The molecule has 4 nitrogen and oxygen atoms in total. The van der Waals surface area contributed by atoms with Gasteiger partial charge < -0.3 is 0 Å². The van der Waals surface area contributed by atoms with Crippen LogP contribution < -0.4 is 0 Å². The van der Waals surface area contributed by atoms with Crippen molar-refractivity contribution in [1.82, 2.24) is 15.3 Å². The number of fused-ring (bicyclic) bond motifs is 1. The average molecular weight is 203 g/mol. The Hall–Kier alpha value is -1.75. The number of hydrogen-bond acceptors (Lipinski definition) is 5. The van der Waals surface area contributed by atoms with Crippen LogP contribution >= 0.6 is 11.3 Å². The van der Waals surface area contributed by atoms with Gasteiger partial charge in [-0.3, -0.25) is 0 Å². The quantitative estimate of drug-likeness (QED) is 0.609. The zero-order valence-electron chi connectivity index (χ0n) is 7.04. The van der Waals surface area contributed by atoms with E-state index >= 15 is 0 Å². The van der Waals surface area contributed by atoms with Crippen LogP contribution in [0.4, 0.5) is 0 Å². The molecule has 3 rings (SSSR count). The maximum atomic E-state index is 4.68. The highest BCUT2D eigenvalue weighted by molar-refractivity contribution is 7.07. The molecule has 0 fully saturated rings. The Morgan fingerprint density at radius 1 is 1.21 bits per heavy atom. The molecule has 5 heteroatoms. The lowest BCUT2D eigenvalue weighted by Crippen LogP contribution is -1.79. The summed E-state index contributed by atoms with van der Waals surface area (Å²) in [5.41, 5.74) is 5.19. The van der Waals surface area contributed by atoms with Crippen LogP contribution in [-0.2, 0) is 0 Å².